The van der Waals surface area contributed by atoms with Gasteiger partial charge in [-0.1, -0.05) is 26.7 Å². The third-order valence-electron chi connectivity index (χ3n) is 5.13. The largest absolute Gasteiger partial charge is 0.372 e. The van der Waals surface area contributed by atoms with Gasteiger partial charge in [-0.15, -0.1) is 0 Å². The Morgan fingerprint density at radius 1 is 1.14 bits per heavy atom. The molecule has 0 fully saturated rings. The third-order valence-corrected chi connectivity index (χ3v) is 5.13. The molecule has 0 saturated heterocycles. The normalized spacial score (nSPS) is 32.1. The highest BCUT2D eigenvalue weighted by Crippen LogP contribution is 2.40. The Labute approximate surface area is 136 Å². The molecule has 3 rings (SSSR count). The van der Waals surface area contributed by atoms with Gasteiger partial charge in [0.1, 0.15) is 7.85 Å². The Hall–Kier alpha value is -0.765. The molecule has 22 heavy (non-hydrogen) atoms. The first-order valence-corrected chi connectivity index (χ1v) is 8.82. The third kappa shape index (κ3) is 2.99. The smallest absolute Gasteiger partial charge is 0.106 e. The molecule has 1 aliphatic heterocycles. The van der Waals surface area contributed by atoms with Gasteiger partial charge in [-0.3, -0.25) is 4.68 Å². The standard InChI is InChI=1S/C18H29BN2O/c1-13-16-14-9-7-5-6-8-10-15(14)20-21(16)18(4,19)11-17(2,3)12-22-13/h13H,5-12H2,1-4H3. The minimum atomic E-state index is -0.447. The lowest BCUT2D eigenvalue weighted by molar-refractivity contribution is -0.0186. The molecule has 0 saturated carbocycles. The molecule has 3 nitrogen and oxygen atoms in total. The fourth-order valence-corrected chi connectivity index (χ4v) is 4.26. The lowest BCUT2D eigenvalue weighted by atomic mass is 9.68. The van der Waals surface area contributed by atoms with Crippen LogP contribution in [0.3, 0.4) is 0 Å². The van der Waals surface area contributed by atoms with E-state index in [9.17, 15) is 0 Å². The van der Waals surface area contributed by atoms with Gasteiger partial charge in [0, 0.05) is 5.44 Å². The van der Waals surface area contributed by atoms with Crippen molar-refractivity contribution in [2.45, 2.75) is 84.2 Å². The number of aryl methyl sites for hydroxylation is 1. The van der Waals surface area contributed by atoms with Crippen LogP contribution in [0.25, 0.3) is 0 Å². The van der Waals surface area contributed by atoms with E-state index < -0.39 is 5.44 Å². The first kappa shape index (κ1) is 16.1. The molecule has 0 spiro atoms. The van der Waals surface area contributed by atoms with Gasteiger partial charge in [0.25, 0.3) is 0 Å². The van der Waals surface area contributed by atoms with Gasteiger partial charge in [-0.2, -0.15) is 5.10 Å². The first-order chi connectivity index (χ1) is 10.3. The number of rotatable bonds is 0. The zero-order valence-corrected chi connectivity index (χ0v) is 14.6. The molecule has 2 atom stereocenters. The van der Waals surface area contributed by atoms with Crippen LogP contribution in [-0.4, -0.2) is 24.2 Å². The second kappa shape index (κ2) is 5.70. The van der Waals surface area contributed by atoms with E-state index in [1.54, 1.807) is 0 Å². The summed E-state index contributed by atoms with van der Waals surface area (Å²) in [6, 6.07) is 0. The molecule has 1 aromatic heterocycles. The molecule has 1 aromatic rings. The van der Waals surface area contributed by atoms with Crippen molar-refractivity contribution < 1.29 is 4.74 Å². The van der Waals surface area contributed by atoms with Crippen LogP contribution in [0.2, 0.25) is 0 Å². The average Bonchev–Trinajstić information content (AvgIpc) is 2.72. The molecular weight excluding hydrogens is 271 g/mol. The molecule has 2 radical (unpaired) electrons. The molecule has 0 N–H and O–H groups in total. The van der Waals surface area contributed by atoms with Gasteiger partial charge in [0.15, 0.2) is 0 Å². The highest BCUT2D eigenvalue weighted by molar-refractivity contribution is 6.13. The molecule has 2 aliphatic rings. The molecule has 120 valence electrons. The summed E-state index contributed by atoms with van der Waals surface area (Å²) >= 11 is 0. The van der Waals surface area contributed by atoms with Crippen LogP contribution in [-0.2, 0) is 23.0 Å². The fourth-order valence-electron chi connectivity index (χ4n) is 4.26. The summed E-state index contributed by atoms with van der Waals surface area (Å²) in [6.07, 6.45) is 8.29. The summed E-state index contributed by atoms with van der Waals surface area (Å²) in [5, 5.41) is 4.98. The number of hydrogen-bond donors (Lipinski definition) is 0. The maximum Gasteiger partial charge on any atom is 0.106 e. The van der Waals surface area contributed by atoms with Crippen molar-refractivity contribution in [3.05, 3.63) is 17.0 Å². The summed E-state index contributed by atoms with van der Waals surface area (Å²) in [6.45, 7) is 9.49. The van der Waals surface area contributed by atoms with Crippen LogP contribution in [0.4, 0.5) is 0 Å². The molecule has 2 heterocycles. The number of fused-ring (bicyclic) bond motifs is 3. The van der Waals surface area contributed by atoms with Crippen LogP contribution < -0.4 is 0 Å². The van der Waals surface area contributed by atoms with Gasteiger partial charge >= 0.3 is 0 Å². The molecule has 2 unspecified atom stereocenters. The van der Waals surface area contributed by atoms with Gasteiger partial charge in [0.2, 0.25) is 0 Å². The highest BCUT2D eigenvalue weighted by atomic mass is 16.5. The Morgan fingerprint density at radius 2 is 1.82 bits per heavy atom. The second-order valence-electron chi connectivity index (χ2n) is 8.29. The van der Waals surface area contributed by atoms with Crippen molar-refractivity contribution in [2.75, 3.05) is 6.61 Å². The van der Waals surface area contributed by atoms with Crippen LogP contribution >= 0.6 is 0 Å². The number of ether oxygens (including phenoxy) is 1. The lowest BCUT2D eigenvalue weighted by Crippen LogP contribution is -2.42. The summed E-state index contributed by atoms with van der Waals surface area (Å²) in [7, 11) is 6.73. The van der Waals surface area contributed by atoms with Crippen molar-refractivity contribution in [1.82, 2.24) is 9.78 Å². The summed E-state index contributed by atoms with van der Waals surface area (Å²) in [5.41, 5.74) is 3.54. The van der Waals surface area contributed by atoms with E-state index in [1.807, 2.05) is 0 Å². The first-order valence-electron chi connectivity index (χ1n) is 8.82. The molecule has 0 aromatic carbocycles. The highest BCUT2D eigenvalue weighted by Gasteiger charge is 2.38. The van der Waals surface area contributed by atoms with Crippen LogP contribution in [0, 0.1) is 5.41 Å². The molecule has 1 aliphatic carbocycles. The average molecular weight is 300 g/mol. The number of aromatic nitrogens is 2. The minimum Gasteiger partial charge on any atom is -0.372 e. The Morgan fingerprint density at radius 3 is 2.55 bits per heavy atom. The van der Waals surface area contributed by atoms with Gasteiger partial charge in [0.05, 0.1) is 24.1 Å². The SMILES string of the molecule is [B]C1(C)CC(C)(C)COC(C)c2c3c(nn21)CCCCCC3. The monoisotopic (exact) mass is 300 g/mol. The van der Waals surface area contributed by atoms with Crippen LogP contribution in [0.1, 0.15) is 82.9 Å². The Kier molecular flexibility index (Phi) is 4.17. The summed E-state index contributed by atoms with van der Waals surface area (Å²) in [4.78, 5) is 0. The predicted molar refractivity (Wildman–Crippen MR) is 90.3 cm³/mol. The Balaban J connectivity index is 2.10. The van der Waals surface area contributed by atoms with Crippen LogP contribution in [0.5, 0.6) is 0 Å². The van der Waals surface area contributed by atoms with E-state index in [4.69, 9.17) is 17.7 Å². The second-order valence-corrected chi connectivity index (χ2v) is 8.29. The van der Waals surface area contributed by atoms with Gasteiger partial charge < -0.3 is 4.74 Å². The lowest BCUT2D eigenvalue weighted by Gasteiger charge is -2.40. The van der Waals surface area contributed by atoms with E-state index >= 15 is 0 Å². The molecule has 0 amide bonds. The molecule has 0 bridgehead atoms. The predicted octanol–water partition coefficient (Wildman–Crippen LogP) is 3.89. The van der Waals surface area contributed by atoms with E-state index in [0.717, 1.165) is 25.9 Å². The fraction of sp³-hybridized carbons (Fsp3) is 0.833. The molecule has 4 heteroatoms. The van der Waals surface area contributed by atoms with E-state index in [0.29, 0.717) is 0 Å². The van der Waals surface area contributed by atoms with Crippen molar-refractivity contribution >= 4 is 7.85 Å². The van der Waals surface area contributed by atoms with E-state index in [-0.39, 0.29) is 11.5 Å². The number of nitrogens with zero attached hydrogens (tertiary/aromatic N) is 2. The summed E-state index contributed by atoms with van der Waals surface area (Å²) in [5.74, 6) is 0. The van der Waals surface area contributed by atoms with Crippen LogP contribution in [0.15, 0.2) is 0 Å². The van der Waals surface area contributed by atoms with Gasteiger partial charge in [-0.25, -0.2) is 0 Å². The Bertz CT molecular complexity index is 548. The van der Waals surface area contributed by atoms with Crippen molar-refractivity contribution in [3.63, 3.8) is 0 Å². The topological polar surface area (TPSA) is 27.1 Å². The van der Waals surface area contributed by atoms with Crippen molar-refractivity contribution in [1.29, 1.82) is 0 Å². The van der Waals surface area contributed by atoms with E-state index in [2.05, 4.69) is 32.4 Å². The van der Waals surface area contributed by atoms with E-state index in [1.165, 1.54) is 42.6 Å². The number of hydrogen-bond acceptors (Lipinski definition) is 2. The van der Waals surface area contributed by atoms with Gasteiger partial charge in [-0.05, 0) is 56.9 Å². The zero-order chi connectivity index (χ0) is 16.0. The quantitative estimate of drug-likeness (QED) is 0.680. The van der Waals surface area contributed by atoms with Crippen molar-refractivity contribution in [2.24, 2.45) is 5.41 Å². The van der Waals surface area contributed by atoms with Crippen molar-refractivity contribution in [3.8, 4) is 0 Å². The summed E-state index contributed by atoms with van der Waals surface area (Å²) < 4.78 is 8.30. The maximum absolute atomic E-state index is 6.73. The maximum atomic E-state index is 6.73. The molecular formula is C18H29BN2O. The minimum absolute atomic E-state index is 0.0652. The zero-order valence-electron chi connectivity index (χ0n) is 14.6.